The maximum absolute atomic E-state index is 13.0. The topological polar surface area (TPSA) is 54.5 Å². The van der Waals surface area contributed by atoms with Crippen molar-refractivity contribution in [2.75, 3.05) is 13.1 Å². The molecule has 1 aromatic carbocycles. The van der Waals surface area contributed by atoms with E-state index in [-0.39, 0.29) is 16.2 Å². The average molecular weight is 341 g/mol. The standard InChI is InChI=1S/C17H24FNO3S/c1-17(2,3)12-16(20)19-10-8-15(9-11-19)23(21,22)14-6-4-13(18)5-7-14/h4-7,15H,8-12H2,1-3H3. The summed E-state index contributed by atoms with van der Waals surface area (Å²) in [7, 11) is -3.47. The highest BCUT2D eigenvalue weighted by atomic mass is 32.2. The van der Waals surface area contributed by atoms with Gasteiger partial charge in [-0.05, 0) is 42.5 Å². The van der Waals surface area contributed by atoms with Crippen molar-refractivity contribution in [2.24, 2.45) is 5.41 Å². The predicted molar refractivity (Wildman–Crippen MR) is 87.3 cm³/mol. The molecule has 0 saturated carbocycles. The largest absolute Gasteiger partial charge is 0.343 e. The fourth-order valence-corrected chi connectivity index (χ4v) is 4.53. The molecule has 23 heavy (non-hydrogen) atoms. The monoisotopic (exact) mass is 341 g/mol. The first-order valence-corrected chi connectivity index (χ1v) is 9.41. The fraction of sp³-hybridized carbons (Fsp3) is 0.588. The van der Waals surface area contributed by atoms with E-state index in [4.69, 9.17) is 0 Å². The molecule has 128 valence electrons. The number of benzene rings is 1. The summed E-state index contributed by atoms with van der Waals surface area (Å²) in [5.74, 6) is -0.373. The molecule has 2 rings (SSSR count). The molecule has 0 unspecified atom stereocenters. The third kappa shape index (κ3) is 4.53. The van der Waals surface area contributed by atoms with Crippen molar-refractivity contribution in [1.82, 2.24) is 4.90 Å². The van der Waals surface area contributed by atoms with E-state index < -0.39 is 20.9 Å². The molecule has 1 aromatic rings. The summed E-state index contributed by atoms with van der Waals surface area (Å²) in [6.07, 6.45) is 1.31. The third-order valence-electron chi connectivity index (χ3n) is 4.06. The molecular weight excluding hydrogens is 317 g/mol. The first kappa shape index (κ1) is 17.9. The number of piperidine rings is 1. The van der Waals surface area contributed by atoms with Gasteiger partial charge < -0.3 is 4.90 Å². The second-order valence-corrected chi connectivity index (χ2v) is 9.54. The minimum absolute atomic E-state index is 0.0753. The maximum Gasteiger partial charge on any atom is 0.223 e. The van der Waals surface area contributed by atoms with Crippen LogP contribution in [0.2, 0.25) is 0 Å². The van der Waals surface area contributed by atoms with Gasteiger partial charge in [0.25, 0.3) is 0 Å². The summed E-state index contributed by atoms with van der Waals surface area (Å²) < 4.78 is 38.1. The molecule has 6 heteroatoms. The number of likely N-dealkylation sites (tertiary alicyclic amines) is 1. The molecule has 0 radical (unpaired) electrons. The Hall–Kier alpha value is -1.43. The van der Waals surface area contributed by atoms with Crippen LogP contribution < -0.4 is 0 Å². The van der Waals surface area contributed by atoms with Crippen LogP contribution in [-0.2, 0) is 14.6 Å². The number of rotatable bonds is 3. The van der Waals surface area contributed by atoms with Crippen LogP contribution in [0.1, 0.15) is 40.0 Å². The summed E-state index contributed by atoms with van der Waals surface area (Å²) in [5, 5.41) is -0.508. The van der Waals surface area contributed by atoms with Gasteiger partial charge in [-0.25, -0.2) is 12.8 Å². The van der Waals surface area contributed by atoms with Crippen molar-refractivity contribution < 1.29 is 17.6 Å². The molecule has 0 atom stereocenters. The van der Waals surface area contributed by atoms with Crippen molar-refractivity contribution in [3.05, 3.63) is 30.1 Å². The van der Waals surface area contributed by atoms with E-state index in [2.05, 4.69) is 0 Å². The lowest BCUT2D eigenvalue weighted by Crippen LogP contribution is -2.43. The van der Waals surface area contributed by atoms with Gasteiger partial charge in [-0.1, -0.05) is 20.8 Å². The Morgan fingerprint density at radius 1 is 1.17 bits per heavy atom. The lowest BCUT2D eigenvalue weighted by atomic mass is 9.91. The number of carbonyl (C=O) groups excluding carboxylic acids is 1. The van der Waals surface area contributed by atoms with Gasteiger partial charge in [-0.15, -0.1) is 0 Å². The summed E-state index contributed by atoms with van der Waals surface area (Å²) in [6.45, 7) is 6.95. The second-order valence-electron chi connectivity index (χ2n) is 7.32. The van der Waals surface area contributed by atoms with E-state index in [9.17, 15) is 17.6 Å². The zero-order valence-electron chi connectivity index (χ0n) is 13.9. The average Bonchev–Trinajstić information content (AvgIpc) is 2.46. The number of hydrogen-bond donors (Lipinski definition) is 0. The molecule has 1 saturated heterocycles. The van der Waals surface area contributed by atoms with Gasteiger partial charge in [-0.2, -0.15) is 0 Å². The molecule has 4 nitrogen and oxygen atoms in total. The van der Waals surface area contributed by atoms with Crippen LogP contribution in [0.3, 0.4) is 0 Å². The van der Waals surface area contributed by atoms with Gasteiger partial charge in [0.15, 0.2) is 9.84 Å². The molecule has 1 heterocycles. The highest BCUT2D eigenvalue weighted by Crippen LogP contribution is 2.26. The van der Waals surface area contributed by atoms with Crippen LogP contribution in [-0.4, -0.2) is 37.6 Å². The number of sulfone groups is 1. The summed E-state index contributed by atoms with van der Waals surface area (Å²) >= 11 is 0. The Bertz CT molecular complexity index is 654. The first-order valence-electron chi connectivity index (χ1n) is 7.87. The van der Waals surface area contributed by atoms with Crippen LogP contribution in [0.5, 0.6) is 0 Å². The van der Waals surface area contributed by atoms with Crippen LogP contribution in [0.25, 0.3) is 0 Å². The number of hydrogen-bond acceptors (Lipinski definition) is 3. The SMILES string of the molecule is CC(C)(C)CC(=O)N1CCC(S(=O)(=O)c2ccc(F)cc2)CC1. The molecule has 1 amide bonds. The van der Waals surface area contributed by atoms with Crippen molar-refractivity contribution >= 4 is 15.7 Å². The molecule has 0 spiro atoms. The molecular formula is C17H24FNO3S. The molecule has 0 aliphatic carbocycles. The quantitative estimate of drug-likeness (QED) is 0.794. The van der Waals surface area contributed by atoms with Gasteiger partial charge >= 0.3 is 0 Å². The Kier molecular flexibility index (Phi) is 5.14. The van der Waals surface area contributed by atoms with E-state index in [0.717, 1.165) is 12.1 Å². The van der Waals surface area contributed by atoms with Gasteiger partial charge in [0.2, 0.25) is 5.91 Å². The normalized spacial score (nSPS) is 17.3. The van der Waals surface area contributed by atoms with Crippen LogP contribution >= 0.6 is 0 Å². The number of carbonyl (C=O) groups is 1. The lowest BCUT2D eigenvalue weighted by Gasteiger charge is -2.33. The second kappa shape index (κ2) is 6.59. The highest BCUT2D eigenvalue weighted by molar-refractivity contribution is 7.92. The highest BCUT2D eigenvalue weighted by Gasteiger charge is 2.33. The number of nitrogens with zero attached hydrogens (tertiary/aromatic N) is 1. The molecule has 0 N–H and O–H groups in total. The molecule has 0 bridgehead atoms. The van der Waals surface area contributed by atoms with E-state index in [1.165, 1.54) is 12.1 Å². The van der Waals surface area contributed by atoms with Gasteiger partial charge in [0.1, 0.15) is 5.82 Å². The Morgan fingerprint density at radius 2 is 1.70 bits per heavy atom. The molecule has 1 fully saturated rings. The minimum Gasteiger partial charge on any atom is -0.343 e. The smallest absolute Gasteiger partial charge is 0.223 e. The minimum atomic E-state index is -3.47. The lowest BCUT2D eigenvalue weighted by molar-refractivity contribution is -0.133. The zero-order chi connectivity index (χ0) is 17.3. The molecule has 1 aliphatic heterocycles. The van der Waals surface area contributed by atoms with Crippen molar-refractivity contribution in [1.29, 1.82) is 0 Å². The Labute approximate surface area is 137 Å². The van der Waals surface area contributed by atoms with E-state index in [0.29, 0.717) is 32.4 Å². The zero-order valence-corrected chi connectivity index (χ0v) is 14.7. The summed E-state index contributed by atoms with van der Waals surface area (Å²) in [5.41, 5.74) is -0.0753. The van der Waals surface area contributed by atoms with Crippen molar-refractivity contribution in [3.63, 3.8) is 0 Å². The molecule has 0 aromatic heterocycles. The van der Waals surface area contributed by atoms with Crippen molar-refractivity contribution in [2.45, 2.75) is 50.2 Å². The molecule has 1 aliphatic rings. The number of halogens is 1. The maximum atomic E-state index is 13.0. The third-order valence-corrected chi connectivity index (χ3v) is 6.34. The van der Waals surface area contributed by atoms with Gasteiger partial charge in [0, 0.05) is 19.5 Å². The van der Waals surface area contributed by atoms with E-state index in [1.807, 2.05) is 20.8 Å². The summed E-state index contributed by atoms with van der Waals surface area (Å²) in [6, 6.07) is 4.94. The van der Waals surface area contributed by atoms with E-state index >= 15 is 0 Å². The van der Waals surface area contributed by atoms with Crippen LogP contribution in [0.4, 0.5) is 4.39 Å². The van der Waals surface area contributed by atoms with Crippen molar-refractivity contribution in [3.8, 4) is 0 Å². The van der Waals surface area contributed by atoms with Gasteiger partial charge in [0.05, 0.1) is 10.1 Å². The first-order chi connectivity index (χ1) is 10.6. The van der Waals surface area contributed by atoms with E-state index in [1.54, 1.807) is 4.90 Å². The van der Waals surface area contributed by atoms with Crippen LogP contribution in [0.15, 0.2) is 29.2 Å². The van der Waals surface area contributed by atoms with Crippen LogP contribution in [0, 0.1) is 11.2 Å². The summed E-state index contributed by atoms with van der Waals surface area (Å²) in [4.78, 5) is 14.1. The number of amides is 1. The Morgan fingerprint density at radius 3 is 2.17 bits per heavy atom. The van der Waals surface area contributed by atoms with Gasteiger partial charge in [-0.3, -0.25) is 4.79 Å². The predicted octanol–water partition coefficient (Wildman–Crippen LogP) is 3.03. The Balaban J connectivity index is 2.01. The fourth-order valence-electron chi connectivity index (χ4n) is 2.80.